The number of amides is 1. The molecule has 37 heavy (non-hydrogen) atoms. The zero-order chi connectivity index (χ0) is 26.3. The number of hydrogen-bond donors (Lipinski definition) is 1. The zero-order valence-electron chi connectivity index (χ0n) is 22.5. The Labute approximate surface area is 218 Å². The maximum atomic E-state index is 12.2. The Kier molecular flexibility index (Phi) is 6.73. The van der Waals surface area contributed by atoms with E-state index in [0.29, 0.717) is 11.7 Å². The zero-order valence-corrected chi connectivity index (χ0v) is 22.5. The molecule has 2 N–H and O–H groups in total. The minimum atomic E-state index is 0.0481. The molecular weight excluding hydrogens is 460 g/mol. The number of nitrogens with zero attached hydrogens (tertiary/aromatic N) is 5. The van der Waals surface area contributed by atoms with Crippen molar-refractivity contribution >= 4 is 22.8 Å². The summed E-state index contributed by atoms with van der Waals surface area (Å²) in [5.74, 6) is 1.17. The Hall–Kier alpha value is -3.71. The first-order chi connectivity index (χ1) is 17.7. The van der Waals surface area contributed by atoms with E-state index in [-0.39, 0.29) is 5.91 Å². The molecule has 0 spiro atoms. The first kappa shape index (κ1) is 25.0. The van der Waals surface area contributed by atoms with Crippen LogP contribution in [0, 0.1) is 13.8 Å². The highest BCUT2D eigenvalue weighted by Crippen LogP contribution is 2.34. The van der Waals surface area contributed by atoms with Gasteiger partial charge in [-0.15, -0.1) is 0 Å². The summed E-state index contributed by atoms with van der Waals surface area (Å²) < 4.78 is 2.22. The van der Waals surface area contributed by atoms with Crippen LogP contribution in [0.4, 0.5) is 5.82 Å². The Bertz CT molecular complexity index is 1450. The maximum absolute atomic E-state index is 12.2. The minimum absolute atomic E-state index is 0.0481. The Morgan fingerprint density at radius 2 is 1.76 bits per heavy atom. The number of anilines is 1. The normalized spacial score (nSPS) is 14.8. The largest absolute Gasteiger partial charge is 0.383 e. The van der Waals surface area contributed by atoms with Crippen molar-refractivity contribution in [2.75, 3.05) is 32.9 Å². The molecule has 0 bridgehead atoms. The first-order valence-corrected chi connectivity index (χ1v) is 12.9. The van der Waals surface area contributed by atoms with E-state index in [9.17, 15) is 4.79 Å². The molecule has 5 rings (SSSR count). The number of pyridine rings is 2. The number of likely N-dealkylation sites (tertiary alicyclic amines) is 1. The molecule has 1 amide bonds. The van der Waals surface area contributed by atoms with Crippen molar-refractivity contribution in [2.45, 2.75) is 39.2 Å². The van der Waals surface area contributed by atoms with Crippen molar-refractivity contribution in [1.29, 1.82) is 0 Å². The van der Waals surface area contributed by atoms with Gasteiger partial charge >= 0.3 is 0 Å². The number of benzene rings is 1. The monoisotopic (exact) mass is 496 g/mol. The van der Waals surface area contributed by atoms with Crippen LogP contribution in [-0.2, 0) is 13.6 Å². The molecule has 1 aliphatic heterocycles. The predicted molar refractivity (Wildman–Crippen MR) is 150 cm³/mol. The number of nitrogen functional groups attached to an aromatic ring is 1. The lowest BCUT2D eigenvalue weighted by Gasteiger charge is -2.32. The summed E-state index contributed by atoms with van der Waals surface area (Å²) in [4.78, 5) is 25.6. The average Bonchev–Trinajstić information content (AvgIpc) is 3.21. The molecule has 3 aromatic heterocycles. The van der Waals surface area contributed by atoms with E-state index in [1.54, 1.807) is 19.0 Å². The van der Waals surface area contributed by atoms with Crippen LogP contribution in [0.15, 0.2) is 48.7 Å². The number of piperidine rings is 1. The van der Waals surface area contributed by atoms with E-state index >= 15 is 0 Å². The summed E-state index contributed by atoms with van der Waals surface area (Å²) in [5, 5.41) is 1.15. The maximum Gasteiger partial charge on any atom is 0.253 e. The Morgan fingerprint density at radius 1 is 1.05 bits per heavy atom. The minimum Gasteiger partial charge on any atom is -0.383 e. The number of aromatic nitrogens is 3. The molecule has 1 aromatic carbocycles. The molecule has 1 saturated heterocycles. The second-order valence-corrected chi connectivity index (χ2v) is 10.5. The lowest BCUT2D eigenvalue weighted by Crippen LogP contribution is -2.33. The standard InChI is InChI=1S/C30H36N6O/c1-19-16-26(20(2)33-28(19)31)25-10-13-32-29-27(25)17-24(35(29)5)18-36-14-11-22(12-15-36)21-6-8-23(9-7-21)30(37)34(3)4/h6-10,13,16-17,22H,11-12,14-15,18H2,1-5H3,(H2,31,33). The Morgan fingerprint density at radius 3 is 2.43 bits per heavy atom. The van der Waals surface area contributed by atoms with Crippen LogP contribution in [0.25, 0.3) is 22.2 Å². The highest BCUT2D eigenvalue weighted by molar-refractivity contribution is 5.95. The van der Waals surface area contributed by atoms with E-state index < -0.39 is 0 Å². The summed E-state index contributed by atoms with van der Waals surface area (Å²) in [6.45, 7) is 7.00. The molecule has 0 atom stereocenters. The number of fused-ring (bicyclic) bond motifs is 1. The number of carbonyl (C=O) groups is 1. The molecule has 7 heteroatoms. The van der Waals surface area contributed by atoms with Crippen LogP contribution >= 0.6 is 0 Å². The third-order valence-corrected chi connectivity index (χ3v) is 7.77. The molecule has 1 aliphatic rings. The van der Waals surface area contributed by atoms with Gasteiger partial charge in [-0.2, -0.15) is 0 Å². The fraction of sp³-hybridized carbons (Fsp3) is 0.367. The molecule has 4 aromatic rings. The molecule has 1 fully saturated rings. The SMILES string of the molecule is Cc1cc(-c2ccnc3c2cc(CN2CCC(c4ccc(C(=O)N(C)C)cc4)CC2)n3C)c(C)nc1N. The van der Waals surface area contributed by atoms with Crippen LogP contribution in [0.3, 0.4) is 0 Å². The van der Waals surface area contributed by atoms with E-state index in [2.05, 4.69) is 51.8 Å². The molecule has 4 heterocycles. The number of nitrogens with two attached hydrogens (primary N) is 1. The fourth-order valence-electron chi connectivity index (χ4n) is 5.46. The third kappa shape index (κ3) is 4.83. The van der Waals surface area contributed by atoms with Gasteiger partial charge in [0.1, 0.15) is 11.5 Å². The smallest absolute Gasteiger partial charge is 0.253 e. The first-order valence-electron chi connectivity index (χ1n) is 12.9. The fourth-order valence-corrected chi connectivity index (χ4v) is 5.46. The highest BCUT2D eigenvalue weighted by atomic mass is 16.2. The lowest BCUT2D eigenvalue weighted by atomic mass is 9.89. The molecule has 7 nitrogen and oxygen atoms in total. The van der Waals surface area contributed by atoms with Gasteiger partial charge in [-0.05, 0) is 92.7 Å². The summed E-state index contributed by atoms with van der Waals surface area (Å²) >= 11 is 0. The van der Waals surface area contributed by atoms with Gasteiger partial charge in [0.15, 0.2) is 0 Å². The van der Waals surface area contributed by atoms with Crippen LogP contribution in [0.2, 0.25) is 0 Å². The number of rotatable bonds is 5. The van der Waals surface area contributed by atoms with Crippen molar-refractivity contribution in [1.82, 2.24) is 24.3 Å². The lowest BCUT2D eigenvalue weighted by molar-refractivity contribution is 0.0827. The van der Waals surface area contributed by atoms with Crippen LogP contribution in [0.1, 0.15) is 51.6 Å². The second kappa shape index (κ2) is 9.98. The van der Waals surface area contributed by atoms with Crippen LogP contribution in [-0.4, -0.2) is 57.4 Å². The summed E-state index contributed by atoms with van der Waals surface area (Å²) in [6.07, 6.45) is 4.11. The Balaban J connectivity index is 1.31. The van der Waals surface area contributed by atoms with Crippen molar-refractivity contribution in [3.8, 4) is 11.1 Å². The molecule has 0 radical (unpaired) electrons. The van der Waals surface area contributed by atoms with Gasteiger partial charge in [-0.3, -0.25) is 9.69 Å². The predicted octanol–water partition coefficient (Wildman–Crippen LogP) is 4.92. The quantitative estimate of drug-likeness (QED) is 0.424. The van der Waals surface area contributed by atoms with E-state index in [1.807, 2.05) is 32.2 Å². The van der Waals surface area contributed by atoms with Crippen LogP contribution < -0.4 is 5.73 Å². The van der Waals surface area contributed by atoms with Gasteiger partial charge in [0.05, 0.1) is 0 Å². The number of carbonyl (C=O) groups excluding carboxylic acids is 1. The van der Waals surface area contributed by atoms with Gasteiger partial charge in [0, 0.05) is 61.8 Å². The van der Waals surface area contributed by atoms with E-state index in [4.69, 9.17) is 10.7 Å². The van der Waals surface area contributed by atoms with Gasteiger partial charge in [-0.1, -0.05) is 12.1 Å². The van der Waals surface area contributed by atoms with Gasteiger partial charge in [0.25, 0.3) is 5.91 Å². The van der Waals surface area contributed by atoms with Crippen molar-refractivity contribution in [2.24, 2.45) is 7.05 Å². The molecule has 0 aliphatic carbocycles. The number of aryl methyl sites for hydroxylation is 3. The molecular formula is C30H36N6O. The topological polar surface area (TPSA) is 80.3 Å². The second-order valence-electron chi connectivity index (χ2n) is 10.5. The molecule has 0 saturated carbocycles. The summed E-state index contributed by atoms with van der Waals surface area (Å²) in [7, 11) is 5.68. The summed E-state index contributed by atoms with van der Waals surface area (Å²) in [6, 6.07) is 14.7. The molecule has 0 unspecified atom stereocenters. The summed E-state index contributed by atoms with van der Waals surface area (Å²) in [5.41, 5.74) is 14.5. The van der Waals surface area contributed by atoms with Gasteiger partial charge in [0.2, 0.25) is 0 Å². The molecule has 192 valence electrons. The van der Waals surface area contributed by atoms with Crippen molar-refractivity contribution < 1.29 is 4.79 Å². The van der Waals surface area contributed by atoms with E-state index in [1.165, 1.54) is 11.3 Å². The average molecular weight is 497 g/mol. The van der Waals surface area contributed by atoms with E-state index in [0.717, 1.165) is 71.5 Å². The highest BCUT2D eigenvalue weighted by Gasteiger charge is 2.23. The van der Waals surface area contributed by atoms with Gasteiger partial charge in [-0.25, -0.2) is 9.97 Å². The number of hydrogen-bond acceptors (Lipinski definition) is 5. The van der Waals surface area contributed by atoms with Crippen molar-refractivity contribution in [3.63, 3.8) is 0 Å². The third-order valence-electron chi connectivity index (χ3n) is 7.77. The van der Waals surface area contributed by atoms with Crippen LogP contribution in [0.5, 0.6) is 0 Å². The van der Waals surface area contributed by atoms with Crippen molar-refractivity contribution in [3.05, 3.63) is 76.7 Å². The van der Waals surface area contributed by atoms with Gasteiger partial charge < -0.3 is 15.2 Å².